The smallest absolute Gasteiger partial charge is 0.208 e. The van der Waals surface area contributed by atoms with E-state index in [1.807, 2.05) is 0 Å². The summed E-state index contributed by atoms with van der Waals surface area (Å²) in [5, 5.41) is 0. The maximum absolute atomic E-state index is 5.59. The Bertz CT molecular complexity index is 284. The number of nitrogens with zero attached hydrogens (tertiary/aromatic N) is 2. The molecule has 4 nitrogen and oxygen atoms in total. The van der Waals surface area contributed by atoms with E-state index in [0.29, 0.717) is 17.5 Å². The molecule has 98 valence electrons. The standard InChI is InChI=1S/C13H26N4/c1-13(2)8-6-11(7-9-13)17(3)12(16-14)15-10-4-5-10/h10-11H,4-9,14H2,1-3H3,(H,15,16). The predicted molar refractivity (Wildman–Crippen MR) is 71.6 cm³/mol. The van der Waals surface area contributed by atoms with Gasteiger partial charge in [0.1, 0.15) is 0 Å². The Morgan fingerprint density at radius 1 is 1.24 bits per heavy atom. The molecule has 2 saturated carbocycles. The second-order valence-electron chi connectivity index (χ2n) is 6.33. The zero-order valence-corrected chi connectivity index (χ0v) is 11.4. The van der Waals surface area contributed by atoms with Crippen molar-refractivity contribution in [2.24, 2.45) is 16.3 Å². The second kappa shape index (κ2) is 4.84. The molecule has 17 heavy (non-hydrogen) atoms. The first kappa shape index (κ1) is 12.7. The summed E-state index contributed by atoms with van der Waals surface area (Å²) in [6.07, 6.45) is 7.52. The Kier molecular flexibility index (Phi) is 3.61. The zero-order valence-electron chi connectivity index (χ0n) is 11.4. The zero-order chi connectivity index (χ0) is 12.5. The lowest BCUT2D eigenvalue weighted by Gasteiger charge is -2.39. The van der Waals surface area contributed by atoms with Crippen LogP contribution >= 0.6 is 0 Å². The molecule has 0 amide bonds. The van der Waals surface area contributed by atoms with E-state index in [2.05, 4.69) is 36.2 Å². The molecule has 2 fully saturated rings. The molecule has 0 bridgehead atoms. The van der Waals surface area contributed by atoms with Crippen LogP contribution < -0.4 is 11.3 Å². The van der Waals surface area contributed by atoms with Gasteiger partial charge in [-0.05, 0) is 43.9 Å². The van der Waals surface area contributed by atoms with E-state index in [-0.39, 0.29) is 0 Å². The number of aliphatic imine (C=N–C) groups is 1. The quantitative estimate of drug-likeness (QED) is 0.334. The molecule has 4 heteroatoms. The van der Waals surface area contributed by atoms with Crippen molar-refractivity contribution in [1.82, 2.24) is 10.3 Å². The molecule has 2 aliphatic carbocycles. The third-order valence-electron chi connectivity index (χ3n) is 4.17. The number of hydrogen-bond acceptors (Lipinski definition) is 2. The number of nitrogens with one attached hydrogen (secondary N) is 1. The molecule has 0 aromatic rings. The molecule has 0 aromatic carbocycles. The SMILES string of the molecule is CN(C(=NC1CC1)NN)C1CCC(C)(C)CC1. The number of nitrogens with two attached hydrogens (primary N) is 1. The largest absolute Gasteiger partial charge is 0.342 e. The van der Waals surface area contributed by atoms with Gasteiger partial charge in [0.2, 0.25) is 5.96 Å². The van der Waals surface area contributed by atoms with Crippen LogP contribution in [0.1, 0.15) is 52.4 Å². The van der Waals surface area contributed by atoms with Gasteiger partial charge in [0.25, 0.3) is 0 Å². The van der Waals surface area contributed by atoms with Crippen molar-refractivity contribution in [2.45, 2.75) is 64.5 Å². The highest BCUT2D eigenvalue weighted by Gasteiger charge is 2.30. The van der Waals surface area contributed by atoms with Crippen molar-refractivity contribution in [1.29, 1.82) is 0 Å². The first-order chi connectivity index (χ1) is 8.02. The van der Waals surface area contributed by atoms with Crippen LogP contribution in [0.15, 0.2) is 4.99 Å². The lowest BCUT2D eigenvalue weighted by atomic mass is 9.75. The minimum absolute atomic E-state index is 0.515. The van der Waals surface area contributed by atoms with E-state index in [1.165, 1.54) is 38.5 Å². The number of guanidine groups is 1. The first-order valence-corrected chi connectivity index (χ1v) is 6.79. The van der Waals surface area contributed by atoms with Crippen LogP contribution in [0.4, 0.5) is 0 Å². The average molecular weight is 238 g/mol. The van der Waals surface area contributed by atoms with Crippen molar-refractivity contribution in [3.05, 3.63) is 0 Å². The maximum atomic E-state index is 5.59. The van der Waals surface area contributed by atoms with E-state index in [0.717, 1.165) is 5.96 Å². The number of hydrazine groups is 1. The molecular formula is C13H26N4. The molecule has 2 rings (SSSR count). The van der Waals surface area contributed by atoms with Crippen LogP contribution in [0.2, 0.25) is 0 Å². The molecule has 0 heterocycles. The van der Waals surface area contributed by atoms with Crippen LogP contribution in [0.25, 0.3) is 0 Å². The second-order valence-corrected chi connectivity index (χ2v) is 6.33. The highest BCUT2D eigenvalue weighted by molar-refractivity contribution is 5.79. The summed E-state index contributed by atoms with van der Waals surface area (Å²) in [6.45, 7) is 4.73. The molecule has 0 aromatic heterocycles. The third-order valence-corrected chi connectivity index (χ3v) is 4.17. The van der Waals surface area contributed by atoms with Crippen LogP contribution in [-0.4, -0.2) is 30.0 Å². The Balaban J connectivity index is 1.92. The van der Waals surface area contributed by atoms with Gasteiger partial charge in [0.05, 0.1) is 6.04 Å². The van der Waals surface area contributed by atoms with Crippen molar-refractivity contribution in [3.63, 3.8) is 0 Å². The van der Waals surface area contributed by atoms with E-state index in [9.17, 15) is 0 Å². The summed E-state index contributed by atoms with van der Waals surface area (Å²) in [7, 11) is 2.12. The Hall–Kier alpha value is -0.770. The van der Waals surface area contributed by atoms with Gasteiger partial charge in [-0.25, -0.2) is 10.8 Å². The van der Waals surface area contributed by atoms with E-state index < -0.39 is 0 Å². The maximum Gasteiger partial charge on any atom is 0.208 e. The monoisotopic (exact) mass is 238 g/mol. The van der Waals surface area contributed by atoms with Crippen LogP contribution in [0, 0.1) is 5.41 Å². The van der Waals surface area contributed by atoms with Crippen molar-refractivity contribution in [3.8, 4) is 0 Å². The summed E-state index contributed by atoms with van der Waals surface area (Å²) in [4.78, 5) is 6.87. The van der Waals surface area contributed by atoms with Crippen molar-refractivity contribution < 1.29 is 0 Å². The van der Waals surface area contributed by atoms with Gasteiger partial charge in [-0.3, -0.25) is 5.43 Å². The molecule has 0 unspecified atom stereocenters. The summed E-state index contributed by atoms with van der Waals surface area (Å²) in [5.74, 6) is 6.46. The van der Waals surface area contributed by atoms with Gasteiger partial charge < -0.3 is 4.90 Å². The lowest BCUT2D eigenvalue weighted by molar-refractivity contribution is 0.166. The fraction of sp³-hybridized carbons (Fsp3) is 0.923. The fourth-order valence-corrected chi connectivity index (χ4v) is 2.55. The van der Waals surface area contributed by atoms with Gasteiger partial charge in [0.15, 0.2) is 0 Å². The molecule has 0 spiro atoms. The molecule has 0 saturated heterocycles. The lowest BCUT2D eigenvalue weighted by Crippen LogP contribution is -2.49. The van der Waals surface area contributed by atoms with Gasteiger partial charge >= 0.3 is 0 Å². The molecule has 0 aliphatic heterocycles. The van der Waals surface area contributed by atoms with Crippen LogP contribution in [-0.2, 0) is 0 Å². The molecule has 0 radical (unpaired) electrons. The van der Waals surface area contributed by atoms with E-state index in [4.69, 9.17) is 5.84 Å². The van der Waals surface area contributed by atoms with Crippen LogP contribution in [0.3, 0.4) is 0 Å². The van der Waals surface area contributed by atoms with Crippen molar-refractivity contribution in [2.75, 3.05) is 7.05 Å². The summed E-state index contributed by atoms with van der Waals surface area (Å²) in [6, 6.07) is 1.11. The highest BCUT2D eigenvalue weighted by Crippen LogP contribution is 2.36. The number of rotatable bonds is 2. The topological polar surface area (TPSA) is 53.6 Å². The molecule has 2 aliphatic rings. The van der Waals surface area contributed by atoms with Gasteiger partial charge in [0, 0.05) is 13.1 Å². The average Bonchev–Trinajstić information content (AvgIpc) is 3.09. The van der Waals surface area contributed by atoms with Gasteiger partial charge in [-0.1, -0.05) is 13.8 Å². The molecule has 3 N–H and O–H groups in total. The van der Waals surface area contributed by atoms with Gasteiger partial charge in [-0.15, -0.1) is 0 Å². The van der Waals surface area contributed by atoms with E-state index >= 15 is 0 Å². The predicted octanol–water partition coefficient (Wildman–Crippen LogP) is 1.87. The minimum atomic E-state index is 0.515. The van der Waals surface area contributed by atoms with E-state index in [1.54, 1.807) is 0 Å². The third kappa shape index (κ3) is 3.35. The summed E-state index contributed by atoms with van der Waals surface area (Å²) >= 11 is 0. The normalized spacial score (nSPS) is 25.8. The summed E-state index contributed by atoms with van der Waals surface area (Å²) in [5.41, 5.74) is 3.28. The summed E-state index contributed by atoms with van der Waals surface area (Å²) < 4.78 is 0. The fourth-order valence-electron chi connectivity index (χ4n) is 2.55. The number of hydrogen-bond donors (Lipinski definition) is 2. The Morgan fingerprint density at radius 2 is 1.82 bits per heavy atom. The minimum Gasteiger partial charge on any atom is -0.342 e. The van der Waals surface area contributed by atoms with Gasteiger partial charge in [-0.2, -0.15) is 0 Å². The Labute approximate surface area is 105 Å². The Morgan fingerprint density at radius 3 is 2.29 bits per heavy atom. The first-order valence-electron chi connectivity index (χ1n) is 6.79. The van der Waals surface area contributed by atoms with Crippen molar-refractivity contribution >= 4 is 5.96 Å². The molecule has 0 atom stereocenters. The van der Waals surface area contributed by atoms with Crippen LogP contribution in [0.5, 0.6) is 0 Å². The molecular weight excluding hydrogens is 212 g/mol. The highest BCUT2D eigenvalue weighted by atomic mass is 15.4.